The lowest BCUT2D eigenvalue weighted by molar-refractivity contribution is 0.565. The molecule has 0 radical (unpaired) electrons. The first kappa shape index (κ1) is 12.1. The Hall–Kier alpha value is -1.39. The number of halogens is 2. The van der Waals surface area contributed by atoms with E-state index in [2.05, 4.69) is 10.3 Å². The largest absolute Gasteiger partial charge is 0.336 e. The molecule has 17 heavy (non-hydrogen) atoms. The number of imidazole rings is 1. The molecule has 0 saturated heterocycles. The first-order valence-corrected chi connectivity index (χ1v) is 5.74. The van der Waals surface area contributed by atoms with Crippen LogP contribution in [0.1, 0.15) is 5.56 Å². The lowest BCUT2D eigenvalue weighted by Gasteiger charge is -2.07. The van der Waals surface area contributed by atoms with Crippen molar-refractivity contribution in [3.8, 4) is 0 Å². The summed E-state index contributed by atoms with van der Waals surface area (Å²) < 4.78 is 15.3. The lowest BCUT2D eigenvalue weighted by Crippen LogP contribution is -2.19. The minimum atomic E-state index is -0.232. The fraction of sp³-hybridized carbons (Fsp3) is 0.250. The molecule has 0 atom stereocenters. The second-order valence-corrected chi connectivity index (χ2v) is 4.15. The number of benzene rings is 1. The third-order valence-corrected chi connectivity index (χ3v) is 2.66. The van der Waals surface area contributed by atoms with Gasteiger partial charge in [-0.2, -0.15) is 0 Å². The van der Waals surface area contributed by atoms with Gasteiger partial charge in [0.25, 0.3) is 0 Å². The summed E-state index contributed by atoms with van der Waals surface area (Å²) >= 11 is 5.80. The van der Waals surface area contributed by atoms with Crippen LogP contribution in [0.25, 0.3) is 0 Å². The molecule has 0 unspecified atom stereocenters. The normalized spacial score (nSPS) is 10.7. The fourth-order valence-corrected chi connectivity index (χ4v) is 1.72. The van der Waals surface area contributed by atoms with E-state index in [0.717, 1.165) is 13.1 Å². The average Bonchev–Trinajstić information content (AvgIpc) is 2.82. The Labute approximate surface area is 104 Å². The van der Waals surface area contributed by atoms with Gasteiger partial charge < -0.3 is 9.88 Å². The van der Waals surface area contributed by atoms with E-state index < -0.39 is 0 Å². The number of nitrogens with zero attached hydrogens (tertiary/aromatic N) is 2. The van der Waals surface area contributed by atoms with E-state index in [9.17, 15) is 4.39 Å². The van der Waals surface area contributed by atoms with Crippen molar-refractivity contribution in [2.24, 2.45) is 0 Å². The van der Waals surface area contributed by atoms with E-state index in [1.54, 1.807) is 24.7 Å². The molecule has 2 aromatic rings. The summed E-state index contributed by atoms with van der Waals surface area (Å²) in [6.07, 6.45) is 5.37. The van der Waals surface area contributed by atoms with E-state index >= 15 is 0 Å². The van der Waals surface area contributed by atoms with Crippen molar-refractivity contribution in [1.29, 1.82) is 0 Å². The zero-order valence-electron chi connectivity index (χ0n) is 9.24. The molecule has 0 aliphatic carbocycles. The van der Waals surface area contributed by atoms with Crippen LogP contribution in [0.4, 0.5) is 4.39 Å². The van der Waals surface area contributed by atoms with Crippen LogP contribution >= 0.6 is 11.6 Å². The molecule has 1 heterocycles. The van der Waals surface area contributed by atoms with Gasteiger partial charge in [-0.3, -0.25) is 0 Å². The van der Waals surface area contributed by atoms with Gasteiger partial charge in [0.2, 0.25) is 0 Å². The summed E-state index contributed by atoms with van der Waals surface area (Å²) in [5.74, 6) is -0.232. The molecule has 0 saturated carbocycles. The quantitative estimate of drug-likeness (QED) is 0.830. The molecule has 1 N–H and O–H groups in total. The lowest BCUT2D eigenvalue weighted by atomic mass is 10.2. The molecule has 2 rings (SSSR count). The van der Waals surface area contributed by atoms with E-state index in [1.165, 1.54) is 6.07 Å². The smallest absolute Gasteiger partial charge is 0.127 e. The Morgan fingerprint density at radius 1 is 1.41 bits per heavy atom. The van der Waals surface area contributed by atoms with Gasteiger partial charge in [0.05, 0.1) is 6.33 Å². The Bertz CT molecular complexity index is 471. The Kier molecular flexibility index (Phi) is 4.12. The van der Waals surface area contributed by atoms with Crippen molar-refractivity contribution < 1.29 is 4.39 Å². The summed E-state index contributed by atoms with van der Waals surface area (Å²) in [5.41, 5.74) is 0.586. The number of hydrogen-bond donors (Lipinski definition) is 1. The van der Waals surface area contributed by atoms with Crippen LogP contribution in [0.2, 0.25) is 5.02 Å². The van der Waals surface area contributed by atoms with Crippen molar-refractivity contribution in [2.75, 3.05) is 6.54 Å². The number of hydrogen-bond acceptors (Lipinski definition) is 2. The fourth-order valence-electron chi connectivity index (χ4n) is 1.53. The predicted molar refractivity (Wildman–Crippen MR) is 65.3 cm³/mol. The molecule has 0 bridgehead atoms. The first-order valence-electron chi connectivity index (χ1n) is 5.36. The Morgan fingerprint density at radius 2 is 2.29 bits per heavy atom. The predicted octanol–water partition coefficient (Wildman–Crippen LogP) is 2.47. The van der Waals surface area contributed by atoms with Crippen LogP contribution in [0.3, 0.4) is 0 Å². The van der Waals surface area contributed by atoms with Crippen LogP contribution in [0.5, 0.6) is 0 Å². The van der Waals surface area contributed by atoms with E-state index in [1.807, 2.05) is 10.8 Å². The number of nitrogens with one attached hydrogen (secondary N) is 1. The van der Waals surface area contributed by atoms with Gasteiger partial charge in [-0.1, -0.05) is 11.6 Å². The monoisotopic (exact) mass is 253 g/mol. The maximum atomic E-state index is 13.4. The molecule has 1 aromatic carbocycles. The molecule has 0 aliphatic rings. The van der Waals surface area contributed by atoms with Crippen molar-refractivity contribution in [2.45, 2.75) is 13.1 Å². The highest BCUT2D eigenvalue weighted by atomic mass is 35.5. The van der Waals surface area contributed by atoms with Crippen LogP contribution in [-0.2, 0) is 13.1 Å². The van der Waals surface area contributed by atoms with Gasteiger partial charge in [-0.15, -0.1) is 0 Å². The molecule has 5 heteroatoms. The molecular weight excluding hydrogens is 241 g/mol. The minimum Gasteiger partial charge on any atom is -0.336 e. The zero-order chi connectivity index (χ0) is 12.1. The second-order valence-electron chi connectivity index (χ2n) is 3.71. The molecule has 90 valence electrons. The van der Waals surface area contributed by atoms with Crippen LogP contribution in [-0.4, -0.2) is 16.1 Å². The van der Waals surface area contributed by atoms with Gasteiger partial charge in [0, 0.05) is 42.6 Å². The summed E-state index contributed by atoms with van der Waals surface area (Å²) in [6.45, 7) is 2.03. The minimum absolute atomic E-state index is 0.232. The molecule has 0 amide bonds. The van der Waals surface area contributed by atoms with E-state index in [0.29, 0.717) is 17.1 Å². The van der Waals surface area contributed by atoms with Crippen molar-refractivity contribution in [3.63, 3.8) is 0 Å². The third kappa shape index (κ3) is 3.54. The topological polar surface area (TPSA) is 29.9 Å². The Morgan fingerprint density at radius 3 is 3.06 bits per heavy atom. The highest BCUT2D eigenvalue weighted by molar-refractivity contribution is 6.30. The highest BCUT2D eigenvalue weighted by Crippen LogP contribution is 2.14. The standard InChI is InChI=1S/C12H13ClFN3/c13-11-1-2-12(14)10(7-11)8-15-3-5-17-6-4-16-9-17/h1-2,4,6-7,9,15H,3,5,8H2. The summed E-state index contributed by atoms with van der Waals surface area (Å²) in [5, 5.41) is 3.71. The highest BCUT2D eigenvalue weighted by Gasteiger charge is 2.02. The van der Waals surface area contributed by atoms with Gasteiger partial charge in [0.1, 0.15) is 5.82 Å². The molecule has 0 aliphatic heterocycles. The number of aromatic nitrogens is 2. The molecule has 1 aromatic heterocycles. The zero-order valence-corrected chi connectivity index (χ0v) is 9.99. The summed E-state index contributed by atoms with van der Waals surface area (Å²) in [6, 6.07) is 4.57. The molecular formula is C12H13ClFN3. The van der Waals surface area contributed by atoms with Gasteiger partial charge in [-0.25, -0.2) is 9.37 Å². The average molecular weight is 254 g/mol. The summed E-state index contributed by atoms with van der Waals surface area (Å²) in [4.78, 5) is 3.94. The molecule has 0 fully saturated rings. The van der Waals surface area contributed by atoms with Crippen LogP contribution in [0.15, 0.2) is 36.9 Å². The third-order valence-electron chi connectivity index (χ3n) is 2.43. The summed E-state index contributed by atoms with van der Waals surface area (Å²) in [7, 11) is 0. The maximum absolute atomic E-state index is 13.4. The van der Waals surface area contributed by atoms with E-state index in [4.69, 9.17) is 11.6 Å². The second kappa shape index (κ2) is 5.80. The maximum Gasteiger partial charge on any atom is 0.127 e. The van der Waals surface area contributed by atoms with Crippen molar-refractivity contribution in [1.82, 2.24) is 14.9 Å². The van der Waals surface area contributed by atoms with Crippen molar-refractivity contribution in [3.05, 3.63) is 53.3 Å². The van der Waals surface area contributed by atoms with Crippen LogP contribution < -0.4 is 5.32 Å². The van der Waals surface area contributed by atoms with E-state index in [-0.39, 0.29) is 5.82 Å². The van der Waals surface area contributed by atoms with Gasteiger partial charge in [-0.05, 0) is 18.2 Å². The van der Waals surface area contributed by atoms with Gasteiger partial charge >= 0.3 is 0 Å². The van der Waals surface area contributed by atoms with Crippen molar-refractivity contribution >= 4 is 11.6 Å². The molecule has 3 nitrogen and oxygen atoms in total. The first-order chi connectivity index (χ1) is 8.25. The van der Waals surface area contributed by atoms with Crippen LogP contribution in [0, 0.1) is 5.82 Å². The van der Waals surface area contributed by atoms with Gasteiger partial charge in [0.15, 0.2) is 0 Å². The SMILES string of the molecule is Fc1ccc(Cl)cc1CNCCn1ccnc1. The molecule has 0 spiro atoms. The number of rotatable bonds is 5. The Balaban J connectivity index is 1.80.